The van der Waals surface area contributed by atoms with E-state index in [1.54, 1.807) is 18.2 Å². The molecular weight excluding hydrogens is 292 g/mol. The van der Waals surface area contributed by atoms with Crippen LogP contribution in [0.2, 0.25) is 5.02 Å². The fourth-order valence-electron chi connectivity index (χ4n) is 1.71. The molecule has 0 saturated heterocycles. The molecule has 0 atom stereocenters. The van der Waals surface area contributed by atoms with E-state index in [2.05, 4.69) is 10.3 Å². The van der Waals surface area contributed by atoms with Crippen molar-refractivity contribution in [3.05, 3.63) is 63.9 Å². The Kier molecular flexibility index (Phi) is 4.55. The first-order chi connectivity index (χ1) is 9.97. The van der Waals surface area contributed by atoms with Crippen LogP contribution in [0.3, 0.4) is 0 Å². The van der Waals surface area contributed by atoms with Gasteiger partial charge in [0.25, 0.3) is 5.91 Å². The Bertz CT molecular complexity index is 701. The molecular formula is C15H13ClN2O3. The lowest BCUT2D eigenvalue weighted by Gasteiger charge is -2.06. The van der Waals surface area contributed by atoms with Gasteiger partial charge in [0, 0.05) is 16.8 Å². The summed E-state index contributed by atoms with van der Waals surface area (Å²) in [4.78, 5) is 26.9. The molecule has 2 aromatic rings. The van der Waals surface area contributed by atoms with Gasteiger partial charge in [-0.1, -0.05) is 17.7 Å². The summed E-state index contributed by atoms with van der Waals surface area (Å²) < 4.78 is 0. The minimum atomic E-state index is -1.03. The number of nitrogens with one attached hydrogen (secondary N) is 1. The summed E-state index contributed by atoms with van der Waals surface area (Å²) in [6.45, 7) is 2.00. The van der Waals surface area contributed by atoms with E-state index in [9.17, 15) is 9.59 Å². The molecule has 0 spiro atoms. The number of benzene rings is 1. The fraction of sp³-hybridized carbons (Fsp3) is 0.133. The fourth-order valence-corrected chi connectivity index (χ4v) is 1.90. The molecule has 1 amide bonds. The number of pyridine rings is 1. The molecule has 0 saturated carbocycles. The third-order valence-corrected chi connectivity index (χ3v) is 3.33. The van der Waals surface area contributed by atoms with E-state index < -0.39 is 5.97 Å². The van der Waals surface area contributed by atoms with Crippen molar-refractivity contribution in [3.8, 4) is 0 Å². The lowest BCUT2D eigenvalue weighted by atomic mass is 10.1. The molecule has 0 unspecified atom stereocenters. The third kappa shape index (κ3) is 3.79. The second-order valence-electron chi connectivity index (χ2n) is 4.49. The number of carboxylic acid groups (broad SMARTS) is 1. The van der Waals surface area contributed by atoms with Crippen LogP contribution >= 0.6 is 11.6 Å². The van der Waals surface area contributed by atoms with Gasteiger partial charge in [0.2, 0.25) is 0 Å². The van der Waals surface area contributed by atoms with Crippen molar-refractivity contribution in [3.63, 3.8) is 0 Å². The van der Waals surface area contributed by atoms with Crippen LogP contribution in [0.1, 0.15) is 32.0 Å². The van der Waals surface area contributed by atoms with E-state index in [1.165, 1.54) is 18.3 Å². The minimum absolute atomic E-state index is 0.132. The number of halogens is 1. The highest BCUT2D eigenvalue weighted by Gasteiger charge is 2.09. The highest BCUT2D eigenvalue weighted by atomic mass is 35.5. The molecule has 2 rings (SSSR count). The first-order valence-corrected chi connectivity index (χ1v) is 6.58. The van der Waals surface area contributed by atoms with Crippen LogP contribution in [-0.4, -0.2) is 22.0 Å². The lowest BCUT2D eigenvalue weighted by Crippen LogP contribution is -2.23. The van der Waals surface area contributed by atoms with Crippen molar-refractivity contribution in [2.24, 2.45) is 0 Å². The standard InChI is InChI=1S/C15H13ClN2O3/c1-9-2-3-10(7-13(9)16)14(19)18-8-12-6-11(15(20)21)4-5-17-12/h2-7H,8H2,1H3,(H,18,19)(H,20,21). The maximum absolute atomic E-state index is 12.0. The SMILES string of the molecule is Cc1ccc(C(=O)NCc2cc(C(=O)O)ccn2)cc1Cl. The number of nitrogens with zero attached hydrogens (tertiary/aromatic N) is 1. The molecule has 0 aliphatic carbocycles. The average molecular weight is 305 g/mol. The van der Waals surface area contributed by atoms with Crippen molar-refractivity contribution < 1.29 is 14.7 Å². The van der Waals surface area contributed by atoms with Crippen LogP contribution in [0.15, 0.2) is 36.5 Å². The molecule has 0 bridgehead atoms. The molecule has 1 aromatic heterocycles. The monoisotopic (exact) mass is 304 g/mol. The number of amides is 1. The molecule has 0 aliphatic heterocycles. The summed E-state index contributed by atoms with van der Waals surface area (Å²) in [6.07, 6.45) is 1.40. The van der Waals surface area contributed by atoms with Crippen LogP contribution in [0, 0.1) is 6.92 Å². The second-order valence-corrected chi connectivity index (χ2v) is 4.89. The van der Waals surface area contributed by atoms with Gasteiger partial charge >= 0.3 is 5.97 Å². The molecule has 21 heavy (non-hydrogen) atoms. The van der Waals surface area contributed by atoms with Crippen molar-refractivity contribution in [2.45, 2.75) is 13.5 Å². The molecule has 6 heteroatoms. The number of aryl methyl sites for hydroxylation is 1. The van der Waals surface area contributed by atoms with Gasteiger partial charge in [-0.25, -0.2) is 4.79 Å². The highest BCUT2D eigenvalue weighted by Crippen LogP contribution is 2.16. The summed E-state index contributed by atoms with van der Waals surface area (Å²) in [5.74, 6) is -1.32. The van der Waals surface area contributed by atoms with Gasteiger partial charge in [0.05, 0.1) is 17.8 Å². The predicted molar refractivity (Wildman–Crippen MR) is 78.6 cm³/mol. The summed E-state index contributed by atoms with van der Waals surface area (Å²) in [7, 11) is 0. The summed E-state index contributed by atoms with van der Waals surface area (Å²) in [5.41, 5.74) is 1.94. The number of rotatable bonds is 4. The number of aromatic nitrogens is 1. The van der Waals surface area contributed by atoms with Crippen molar-refractivity contribution >= 4 is 23.5 Å². The lowest BCUT2D eigenvalue weighted by molar-refractivity contribution is 0.0696. The number of hydrogen-bond donors (Lipinski definition) is 2. The van der Waals surface area contributed by atoms with Gasteiger partial charge in [-0.2, -0.15) is 0 Å². The Labute approximate surface area is 126 Å². The van der Waals surface area contributed by atoms with Gasteiger partial charge in [0.15, 0.2) is 0 Å². The number of carboxylic acids is 1. The first kappa shape index (κ1) is 15.0. The normalized spacial score (nSPS) is 10.2. The highest BCUT2D eigenvalue weighted by molar-refractivity contribution is 6.31. The minimum Gasteiger partial charge on any atom is -0.478 e. The van der Waals surface area contributed by atoms with E-state index in [1.807, 2.05) is 6.92 Å². The molecule has 0 aliphatic rings. The zero-order valence-corrected chi connectivity index (χ0v) is 12.0. The Morgan fingerprint density at radius 2 is 2.00 bits per heavy atom. The van der Waals surface area contributed by atoms with E-state index in [-0.39, 0.29) is 18.0 Å². The molecule has 0 fully saturated rings. The summed E-state index contributed by atoms with van der Waals surface area (Å²) in [6, 6.07) is 7.85. The molecule has 2 N–H and O–H groups in total. The summed E-state index contributed by atoms with van der Waals surface area (Å²) >= 11 is 5.97. The van der Waals surface area contributed by atoms with Crippen molar-refractivity contribution in [1.82, 2.24) is 10.3 Å². The van der Waals surface area contributed by atoms with Crippen LogP contribution < -0.4 is 5.32 Å². The second kappa shape index (κ2) is 6.37. The maximum Gasteiger partial charge on any atom is 0.335 e. The van der Waals surface area contributed by atoms with Crippen molar-refractivity contribution in [2.75, 3.05) is 0 Å². The predicted octanol–water partition coefficient (Wildman–Crippen LogP) is 2.67. The Balaban J connectivity index is 2.05. The summed E-state index contributed by atoms with van der Waals surface area (Å²) in [5, 5.41) is 12.1. The van der Waals surface area contributed by atoms with E-state index in [0.29, 0.717) is 16.3 Å². The average Bonchev–Trinajstić information content (AvgIpc) is 2.48. The van der Waals surface area contributed by atoms with Gasteiger partial charge in [-0.3, -0.25) is 9.78 Å². The maximum atomic E-state index is 12.0. The van der Waals surface area contributed by atoms with E-state index >= 15 is 0 Å². The number of aromatic carboxylic acids is 1. The van der Waals surface area contributed by atoms with Crippen LogP contribution in [0.25, 0.3) is 0 Å². The number of carbonyl (C=O) groups is 2. The Hall–Kier alpha value is -2.40. The molecule has 108 valence electrons. The van der Waals surface area contributed by atoms with Crippen LogP contribution in [0.5, 0.6) is 0 Å². The quantitative estimate of drug-likeness (QED) is 0.910. The first-order valence-electron chi connectivity index (χ1n) is 6.20. The van der Waals surface area contributed by atoms with Gasteiger partial charge < -0.3 is 10.4 Å². The van der Waals surface area contributed by atoms with E-state index in [0.717, 1.165) is 5.56 Å². The van der Waals surface area contributed by atoms with Crippen LogP contribution in [-0.2, 0) is 6.54 Å². The molecule has 1 aromatic carbocycles. The topological polar surface area (TPSA) is 79.3 Å². The Morgan fingerprint density at radius 3 is 2.67 bits per heavy atom. The zero-order chi connectivity index (χ0) is 15.4. The number of carbonyl (C=O) groups excluding carboxylic acids is 1. The molecule has 0 radical (unpaired) electrons. The molecule has 5 nitrogen and oxygen atoms in total. The van der Waals surface area contributed by atoms with Gasteiger partial charge in [-0.05, 0) is 36.8 Å². The Morgan fingerprint density at radius 1 is 1.24 bits per heavy atom. The van der Waals surface area contributed by atoms with E-state index in [4.69, 9.17) is 16.7 Å². The van der Waals surface area contributed by atoms with Crippen LogP contribution in [0.4, 0.5) is 0 Å². The number of hydrogen-bond acceptors (Lipinski definition) is 3. The smallest absolute Gasteiger partial charge is 0.335 e. The van der Waals surface area contributed by atoms with Gasteiger partial charge in [0.1, 0.15) is 0 Å². The zero-order valence-electron chi connectivity index (χ0n) is 11.3. The van der Waals surface area contributed by atoms with Gasteiger partial charge in [-0.15, -0.1) is 0 Å². The largest absolute Gasteiger partial charge is 0.478 e. The van der Waals surface area contributed by atoms with Crippen molar-refractivity contribution in [1.29, 1.82) is 0 Å². The molecule has 1 heterocycles. The third-order valence-electron chi connectivity index (χ3n) is 2.93.